The average Bonchev–Trinajstić information content (AvgIpc) is 4.18. The molecule has 0 bridgehead atoms. The molecule has 4 aliphatic heterocycles. The van der Waals surface area contributed by atoms with Crippen LogP contribution in [-0.4, -0.2) is 0 Å². The van der Waals surface area contributed by atoms with E-state index in [0.717, 1.165) is 37.3 Å². The largest absolute Gasteiger partial charge is 0.216 e. The van der Waals surface area contributed by atoms with Gasteiger partial charge in [-0.1, -0.05) is 101 Å². The molecular formula is C71H69FN4+4. The van der Waals surface area contributed by atoms with Crippen LogP contribution in [0.25, 0.3) is 67.3 Å². The quantitative estimate of drug-likeness (QED) is 0.153. The Balaban J connectivity index is 0.000000110. The standard InChI is InChI=1S/C22H22N.C20H17FN.C15H16N.C14H14N/c1-14-9-15(2)11-20(10-14)18-5-6-19-13-23-8-7-16(3)17(4)22(23)21(19)12-18;1-13-9-10-22-12-17-4-3-16(11-19(17)20(22)14(13)2)15-5-7-18(21)8-6-15;1-10-4-5-13-9-16-8-12(3)11(2)7-15(16)14(13)6-10;1-10-6-7-12-9-15-11(2)4-3-5-14(15)13(12)8-10/h5-12H,13H2,1-4H3;3-11H,12H2,1-2H3;4-8H,9H2,1-3H3;3-8H,9H2,1-2H3/q4*+1. The molecule has 0 fully saturated rings. The Labute approximate surface area is 449 Å². The van der Waals surface area contributed by atoms with E-state index in [1.165, 1.54) is 152 Å². The molecule has 0 spiro atoms. The van der Waals surface area contributed by atoms with Crippen LogP contribution in [0.1, 0.15) is 83.6 Å². The molecule has 0 unspecified atom stereocenters. The summed E-state index contributed by atoms with van der Waals surface area (Å²) >= 11 is 0. The van der Waals surface area contributed by atoms with E-state index in [0.29, 0.717) is 0 Å². The minimum atomic E-state index is -0.197. The number of hydrogen-bond donors (Lipinski definition) is 0. The first kappa shape index (κ1) is 50.0. The first-order valence-electron chi connectivity index (χ1n) is 26.9. The van der Waals surface area contributed by atoms with Gasteiger partial charge in [0.25, 0.3) is 0 Å². The number of halogens is 1. The number of fused-ring (bicyclic) bond motifs is 12. The van der Waals surface area contributed by atoms with E-state index in [4.69, 9.17) is 0 Å². The Bertz CT molecular complexity index is 3930. The molecule has 0 aliphatic carbocycles. The lowest BCUT2D eigenvalue weighted by atomic mass is 9.95. The van der Waals surface area contributed by atoms with Gasteiger partial charge in [0.15, 0.2) is 50.5 Å². The zero-order valence-corrected chi connectivity index (χ0v) is 46.2. The van der Waals surface area contributed by atoms with Crippen LogP contribution in [0.4, 0.5) is 4.39 Å². The van der Waals surface area contributed by atoms with E-state index in [9.17, 15) is 4.39 Å². The third-order valence-corrected chi connectivity index (χ3v) is 16.3. The van der Waals surface area contributed by atoms with Gasteiger partial charge in [-0.2, -0.15) is 18.3 Å². The molecule has 5 heteroatoms. The van der Waals surface area contributed by atoms with Gasteiger partial charge < -0.3 is 0 Å². The van der Waals surface area contributed by atoms with Crippen LogP contribution in [0, 0.1) is 82.0 Å². The lowest BCUT2D eigenvalue weighted by molar-refractivity contribution is -0.678. The summed E-state index contributed by atoms with van der Waals surface area (Å²) in [5.74, 6) is -0.197. The van der Waals surface area contributed by atoms with Crippen molar-refractivity contribution in [2.24, 2.45) is 0 Å². The van der Waals surface area contributed by atoms with Gasteiger partial charge in [0.2, 0.25) is 22.8 Å². The highest BCUT2D eigenvalue weighted by atomic mass is 19.1. The van der Waals surface area contributed by atoms with Crippen LogP contribution in [0.3, 0.4) is 0 Å². The molecule has 10 aromatic rings. The lowest BCUT2D eigenvalue weighted by Crippen LogP contribution is -2.35. The highest BCUT2D eigenvalue weighted by Gasteiger charge is 2.31. The monoisotopic (exact) mass is 997 g/mol. The van der Waals surface area contributed by atoms with Crippen LogP contribution in [-0.2, 0) is 26.2 Å². The minimum absolute atomic E-state index is 0.197. The Hall–Kier alpha value is -8.15. The van der Waals surface area contributed by atoms with Gasteiger partial charge in [0.1, 0.15) is 5.82 Å². The molecule has 76 heavy (non-hydrogen) atoms. The third kappa shape index (κ3) is 9.60. The van der Waals surface area contributed by atoms with Crippen molar-refractivity contribution in [2.45, 2.75) is 102 Å². The molecule has 4 nitrogen and oxygen atoms in total. The van der Waals surface area contributed by atoms with Crippen molar-refractivity contribution in [1.29, 1.82) is 0 Å². The second-order valence-corrected chi connectivity index (χ2v) is 21.9. The van der Waals surface area contributed by atoms with Gasteiger partial charge in [-0.15, -0.1) is 0 Å². The summed E-state index contributed by atoms with van der Waals surface area (Å²) in [5, 5.41) is 0. The predicted octanol–water partition coefficient (Wildman–Crippen LogP) is 14.9. The number of hydrogen-bond acceptors (Lipinski definition) is 0. The first-order valence-corrected chi connectivity index (χ1v) is 26.9. The summed E-state index contributed by atoms with van der Waals surface area (Å²) in [7, 11) is 0. The van der Waals surface area contributed by atoms with Gasteiger partial charge in [-0.05, 0) is 151 Å². The lowest BCUT2D eigenvalue weighted by Gasteiger charge is -2.07. The number of rotatable bonds is 2. The number of aromatic nitrogens is 4. The second kappa shape index (κ2) is 20.2. The van der Waals surface area contributed by atoms with Crippen molar-refractivity contribution >= 4 is 0 Å². The summed E-state index contributed by atoms with van der Waals surface area (Å²) in [6, 6.07) is 53.7. The summed E-state index contributed by atoms with van der Waals surface area (Å²) < 4.78 is 22.5. The maximum atomic E-state index is 13.1. The molecule has 0 saturated heterocycles. The van der Waals surface area contributed by atoms with Crippen LogP contribution < -0.4 is 18.3 Å². The van der Waals surface area contributed by atoms with E-state index in [1.807, 2.05) is 12.1 Å². The molecule has 376 valence electrons. The molecule has 0 amide bonds. The topological polar surface area (TPSA) is 15.5 Å². The molecular weight excluding hydrogens is 928 g/mol. The van der Waals surface area contributed by atoms with E-state index in [1.54, 1.807) is 0 Å². The highest BCUT2D eigenvalue weighted by molar-refractivity contribution is 5.77. The minimum Gasteiger partial charge on any atom is -0.207 e. The second-order valence-electron chi connectivity index (χ2n) is 21.9. The molecule has 4 aliphatic rings. The summed E-state index contributed by atoms with van der Waals surface area (Å²) in [4.78, 5) is 0. The fourth-order valence-electron chi connectivity index (χ4n) is 11.7. The summed E-state index contributed by atoms with van der Waals surface area (Å²) in [6.45, 7) is 27.9. The summed E-state index contributed by atoms with van der Waals surface area (Å²) in [5.41, 5.74) is 36.1. The number of aryl methyl sites for hydroxylation is 9. The summed E-state index contributed by atoms with van der Waals surface area (Å²) in [6.07, 6.45) is 6.64. The van der Waals surface area contributed by atoms with Gasteiger partial charge >= 0.3 is 0 Å². The van der Waals surface area contributed by atoms with Gasteiger partial charge in [-0.25, -0.2) is 4.39 Å². The number of nitrogens with zero attached hydrogens (tertiary/aromatic N) is 4. The third-order valence-electron chi connectivity index (χ3n) is 16.3. The molecule has 14 rings (SSSR count). The van der Waals surface area contributed by atoms with Gasteiger partial charge in [-0.3, -0.25) is 0 Å². The van der Waals surface area contributed by atoms with Crippen molar-refractivity contribution < 1.29 is 22.7 Å². The molecule has 0 N–H and O–H groups in total. The Morgan fingerprint density at radius 1 is 0.342 bits per heavy atom. The normalized spacial score (nSPS) is 12.3. The van der Waals surface area contributed by atoms with Crippen LogP contribution >= 0.6 is 0 Å². The molecule has 8 heterocycles. The number of benzene rings is 6. The van der Waals surface area contributed by atoms with E-state index in [2.05, 4.69) is 240 Å². The van der Waals surface area contributed by atoms with Gasteiger partial charge in [0, 0.05) is 76.2 Å². The van der Waals surface area contributed by atoms with Crippen molar-refractivity contribution in [1.82, 2.24) is 0 Å². The van der Waals surface area contributed by atoms with Crippen molar-refractivity contribution in [3.05, 3.63) is 260 Å². The highest BCUT2D eigenvalue weighted by Crippen LogP contribution is 2.37. The molecule has 0 atom stereocenters. The zero-order chi connectivity index (χ0) is 53.1. The Morgan fingerprint density at radius 3 is 1.41 bits per heavy atom. The van der Waals surface area contributed by atoms with Crippen molar-refractivity contribution in [2.75, 3.05) is 0 Å². The Morgan fingerprint density at radius 2 is 0.829 bits per heavy atom. The molecule has 6 aromatic carbocycles. The average molecular weight is 997 g/mol. The maximum absolute atomic E-state index is 13.1. The molecule has 0 radical (unpaired) electrons. The number of pyridine rings is 4. The van der Waals surface area contributed by atoms with Crippen LogP contribution in [0.15, 0.2) is 170 Å². The fraction of sp³-hybridized carbons (Fsp3) is 0.211. The van der Waals surface area contributed by atoms with Crippen molar-refractivity contribution in [3.63, 3.8) is 0 Å². The van der Waals surface area contributed by atoms with E-state index in [-0.39, 0.29) is 5.82 Å². The SMILES string of the molecule is Cc1cc(C)cc(-c2ccc3c(c2)-c2c(C)c(C)cc[n+]2C3)c1.Cc1cc[n+]2c(c1C)-c1cc(-c3ccc(F)cc3)ccc1C2.Cc1ccc2c(c1)-c1cc(C)c(C)c[n+]1C2.Cc1ccc2c(c1)-c1cccc(C)[n+]1C2. The molecule has 4 aromatic heterocycles. The van der Waals surface area contributed by atoms with Crippen molar-refractivity contribution in [3.8, 4) is 67.3 Å². The smallest absolute Gasteiger partial charge is 0.207 e. The van der Waals surface area contributed by atoms with Crippen LogP contribution in [0.5, 0.6) is 0 Å². The van der Waals surface area contributed by atoms with E-state index < -0.39 is 0 Å². The maximum Gasteiger partial charge on any atom is 0.216 e. The van der Waals surface area contributed by atoms with E-state index >= 15 is 0 Å². The van der Waals surface area contributed by atoms with Gasteiger partial charge in [0.05, 0.1) is 22.3 Å². The zero-order valence-electron chi connectivity index (χ0n) is 46.2. The fourth-order valence-corrected chi connectivity index (χ4v) is 11.7. The first-order chi connectivity index (χ1) is 36.6. The predicted molar refractivity (Wildman–Crippen MR) is 308 cm³/mol. The van der Waals surface area contributed by atoms with Crippen LogP contribution in [0.2, 0.25) is 0 Å². The Kier molecular flexibility index (Phi) is 13.3. The molecule has 0 saturated carbocycles.